The van der Waals surface area contributed by atoms with Crippen molar-refractivity contribution in [3.8, 4) is 0 Å². The summed E-state index contributed by atoms with van der Waals surface area (Å²) in [6, 6.07) is 11.1. The molecule has 3 rings (SSSR count). The number of fused-ring (bicyclic) bond motifs is 1. The Morgan fingerprint density at radius 1 is 1.26 bits per heavy atom. The molecule has 0 radical (unpaired) electrons. The average Bonchev–Trinajstić information content (AvgIpc) is 3.04. The van der Waals surface area contributed by atoms with Crippen molar-refractivity contribution in [1.82, 2.24) is 9.78 Å². The fourth-order valence-corrected chi connectivity index (χ4v) is 3.25. The second-order valence-corrected chi connectivity index (χ2v) is 6.72. The Kier molecular flexibility index (Phi) is 5.69. The van der Waals surface area contributed by atoms with Crippen LogP contribution in [-0.4, -0.2) is 15.7 Å². The zero-order chi connectivity index (χ0) is 19.4. The topological polar surface area (TPSA) is 60.9 Å². The molecule has 0 aliphatic carbocycles. The smallest absolute Gasteiger partial charge is 0.219 e. The molecule has 5 heteroatoms. The van der Waals surface area contributed by atoms with Gasteiger partial charge in [-0.05, 0) is 59.9 Å². The lowest BCUT2D eigenvalue weighted by molar-refractivity contribution is -0.118. The highest BCUT2D eigenvalue weighted by Gasteiger charge is 2.11. The van der Waals surface area contributed by atoms with Crippen LogP contribution >= 0.6 is 0 Å². The highest BCUT2D eigenvalue weighted by atomic mass is 19.1. The van der Waals surface area contributed by atoms with Gasteiger partial charge in [0.05, 0.1) is 18.3 Å². The van der Waals surface area contributed by atoms with Gasteiger partial charge in [-0.2, -0.15) is 5.10 Å². The molecule has 140 valence electrons. The maximum Gasteiger partial charge on any atom is 0.219 e. The van der Waals surface area contributed by atoms with E-state index in [1.165, 1.54) is 6.07 Å². The van der Waals surface area contributed by atoms with Crippen LogP contribution in [0.1, 0.15) is 42.9 Å². The molecule has 3 aromatic rings. The Bertz CT molecular complexity index is 1000. The second-order valence-electron chi connectivity index (χ2n) is 6.72. The van der Waals surface area contributed by atoms with E-state index < -0.39 is 0 Å². The van der Waals surface area contributed by atoms with Crippen LogP contribution in [0.3, 0.4) is 0 Å². The van der Waals surface area contributed by atoms with E-state index in [1.54, 1.807) is 16.9 Å². The van der Waals surface area contributed by atoms with E-state index in [0.29, 0.717) is 6.54 Å². The number of rotatable bonds is 7. The second kappa shape index (κ2) is 8.16. The van der Waals surface area contributed by atoms with Gasteiger partial charge in [0.1, 0.15) is 5.82 Å². The number of amides is 1. The van der Waals surface area contributed by atoms with Crippen LogP contribution in [0.4, 0.5) is 4.39 Å². The summed E-state index contributed by atoms with van der Waals surface area (Å²) in [4.78, 5) is 11.0. The van der Waals surface area contributed by atoms with Crippen molar-refractivity contribution in [3.63, 3.8) is 0 Å². The minimum atomic E-state index is -0.341. The largest absolute Gasteiger partial charge is 0.370 e. The number of primary amides is 1. The number of nitrogens with two attached hydrogens (primary N) is 1. The number of hydrogen-bond donors (Lipinski definition) is 1. The van der Waals surface area contributed by atoms with Gasteiger partial charge in [-0.15, -0.1) is 0 Å². The van der Waals surface area contributed by atoms with Crippen LogP contribution in [0.2, 0.25) is 0 Å². The Morgan fingerprint density at radius 2 is 2.07 bits per heavy atom. The number of hydrogen-bond acceptors (Lipinski definition) is 2. The molecular weight excluding hydrogens is 341 g/mol. The Labute approximate surface area is 158 Å². The van der Waals surface area contributed by atoms with Gasteiger partial charge in [-0.3, -0.25) is 9.48 Å². The van der Waals surface area contributed by atoms with E-state index in [0.717, 1.165) is 46.0 Å². The van der Waals surface area contributed by atoms with E-state index in [-0.39, 0.29) is 18.1 Å². The molecule has 1 amide bonds. The first-order chi connectivity index (χ1) is 13.0. The fourth-order valence-electron chi connectivity index (χ4n) is 3.25. The number of carbonyl (C=O) groups is 1. The summed E-state index contributed by atoms with van der Waals surface area (Å²) in [6.45, 7) is 4.53. The van der Waals surface area contributed by atoms with Crippen molar-refractivity contribution >= 4 is 22.4 Å². The summed E-state index contributed by atoms with van der Waals surface area (Å²) in [5.74, 6) is -0.566. The van der Waals surface area contributed by atoms with E-state index >= 15 is 0 Å². The molecule has 0 saturated heterocycles. The lowest BCUT2D eigenvalue weighted by Gasteiger charge is -2.12. The van der Waals surface area contributed by atoms with Gasteiger partial charge >= 0.3 is 0 Å². The third-order valence-electron chi connectivity index (χ3n) is 4.64. The molecule has 27 heavy (non-hydrogen) atoms. The summed E-state index contributed by atoms with van der Waals surface area (Å²) in [5.41, 5.74) is 10.3. The number of aryl methyl sites for hydroxylation is 2. The molecule has 2 aromatic carbocycles. The zero-order valence-corrected chi connectivity index (χ0v) is 15.7. The fraction of sp³-hybridized carbons (Fsp3) is 0.273. The number of allylic oxidation sites excluding steroid dienone is 1. The van der Waals surface area contributed by atoms with Crippen LogP contribution in [0, 0.1) is 12.7 Å². The lowest BCUT2D eigenvalue weighted by Crippen LogP contribution is -2.14. The van der Waals surface area contributed by atoms with Crippen LogP contribution < -0.4 is 5.73 Å². The predicted molar refractivity (Wildman–Crippen MR) is 107 cm³/mol. The van der Waals surface area contributed by atoms with Crippen molar-refractivity contribution < 1.29 is 9.18 Å². The van der Waals surface area contributed by atoms with Gasteiger partial charge < -0.3 is 5.73 Å². The Balaban J connectivity index is 2.02. The number of nitrogens with zero attached hydrogens (tertiary/aromatic N) is 2. The average molecular weight is 365 g/mol. The maximum absolute atomic E-state index is 13.5. The molecule has 0 saturated carbocycles. The first-order valence-corrected chi connectivity index (χ1v) is 9.20. The van der Waals surface area contributed by atoms with Gasteiger partial charge in [-0.1, -0.05) is 31.6 Å². The van der Waals surface area contributed by atoms with Crippen LogP contribution in [0.15, 0.2) is 48.7 Å². The summed E-state index contributed by atoms with van der Waals surface area (Å²) in [6.07, 6.45) is 6.25. The van der Waals surface area contributed by atoms with Gasteiger partial charge in [0, 0.05) is 11.8 Å². The van der Waals surface area contributed by atoms with Crippen molar-refractivity contribution in [2.75, 3.05) is 0 Å². The predicted octanol–water partition coefficient (Wildman–Crippen LogP) is 4.59. The van der Waals surface area contributed by atoms with E-state index in [2.05, 4.69) is 30.2 Å². The van der Waals surface area contributed by atoms with Crippen LogP contribution in [0.5, 0.6) is 0 Å². The van der Waals surface area contributed by atoms with Crippen molar-refractivity contribution in [1.29, 1.82) is 0 Å². The Hall–Kier alpha value is -2.95. The highest BCUT2D eigenvalue weighted by Crippen LogP contribution is 2.30. The number of unbranched alkanes of at least 4 members (excludes halogenated alkanes) is 1. The normalized spacial score (nSPS) is 11.9. The molecule has 0 spiro atoms. The Morgan fingerprint density at radius 3 is 2.78 bits per heavy atom. The van der Waals surface area contributed by atoms with Gasteiger partial charge in [0.25, 0.3) is 0 Å². The van der Waals surface area contributed by atoms with Crippen LogP contribution in [-0.2, 0) is 11.3 Å². The van der Waals surface area contributed by atoms with Crippen molar-refractivity contribution in [2.45, 2.75) is 39.7 Å². The standard InChI is InChI=1S/C22H24FN3O/c1-3-4-5-20(19-8-7-18(23)12-15(19)2)16-6-9-21-17(13-16)14-25-26(21)11-10-22(24)27/h5-9,12-14H,3-4,10-11H2,1-2H3,(H2,24,27)/b20-5-. The summed E-state index contributed by atoms with van der Waals surface area (Å²) in [5, 5.41) is 5.37. The van der Waals surface area contributed by atoms with Crippen molar-refractivity contribution in [3.05, 3.63) is 71.2 Å². The first kappa shape index (κ1) is 18.8. The number of carbonyl (C=O) groups excluding carboxylic acids is 1. The minimum Gasteiger partial charge on any atom is -0.370 e. The van der Waals surface area contributed by atoms with Gasteiger partial charge in [0.2, 0.25) is 5.91 Å². The number of halogens is 1. The van der Waals surface area contributed by atoms with Crippen molar-refractivity contribution in [2.24, 2.45) is 5.73 Å². The minimum absolute atomic E-state index is 0.225. The third-order valence-corrected chi connectivity index (χ3v) is 4.64. The quantitative estimate of drug-likeness (QED) is 0.665. The molecule has 0 aliphatic rings. The van der Waals surface area contributed by atoms with E-state index in [4.69, 9.17) is 5.73 Å². The SMILES string of the molecule is CCC/C=C(/c1ccc2c(cnn2CCC(N)=O)c1)c1ccc(F)cc1C. The number of benzene rings is 2. The molecule has 0 aliphatic heterocycles. The number of aromatic nitrogens is 2. The van der Waals surface area contributed by atoms with E-state index in [1.807, 2.05) is 19.1 Å². The third kappa shape index (κ3) is 4.25. The summed E-state index contributed by atoms with van der Waals surface area (Å²) in [7, 11) is 0. The monoisotopic (exact) mass is 365 g/mol. The summed E-state index contributed by atoms with van der Waals surface area (Å²) >= 11 is 0. The van der Waals surface area contributed by atoms with Crippen LogP contribution in [0.25, 0.3) is 16.5 Å². The molecule has 0 fully saturated rings. The molecule has 1 aromatic heterocycles. The van der Waals surface area contributed by atoms with E-state index in [9.17, 15) is 9.18 Å². The first-order valence-electron chi connectivity index (χ1n) is 9.20. The maximum atomic E-state index is 13.5. The van der Waals surface area contributed by atoms with Gasteiger partial charge in [-0.25, -0.2) is 4.39 Å². The molecule has 0 unspecified atom stereocenters. The molecular formula is C22H24FN3O. The molecule has 2 N–H and O–H groups in total. The molecule has 1 heterocycles. The highest BCUT2D eigenvalue weighted by molar-refractivity contribution is 5.88. The zero-order valence-electron chi connectivity index (χ0n) is 15.7. The lowest BCUT2D eigenvalue weighted by atomic mass is 9.92. The molecule has 0 bridgehead atoms. The summed E-state index contributed by atoms with van der Waals surface area (Å²) < 4.78 is 15.3. The molecule has 4 nitrogen and oxygen atoms in total. The molecule has 0 atom stereocenters. The van der Waals surface area contributed by atoms with Gasteiger partial charge in [0.15, 0.2) is 0 Å².